The Balaban J connectivity index is 2.33. The summed E-state index contributed by atoms with van der Waals surface area (Å²) in [5.41, 5.74) is 0.928. The van der Waals surface area contributed by atoms with Crippen molar-refractivity contribution in [1.82, 2.24) is 15.5 Å². The van der Waals surface area contributed by atoms with E-state index in [2.05, 4.69) is 23.3 Å². The summed E-state index contributed by atoms with van der Waals surface area (Å²) in [6.45, 7) is 9.21. The van der Waals surface area contributed by atoms with E-state index in [1.54, 1.807) is 32.6 Å². The van der Waals surface area contributed by atoms with Crippen molar-refractivity contribution in [2.45, 2.75) is 84.0 Å². The van der Waals surface area contributed by atoms with Crippen LogP contribution in [0.4, 0.5) is 4.79 Å². The second-order valence-electron chi connectivity index (χ2n) is 9.87. The lowest BCUT2D eigenvalue weighted by Gasteiger charge is -2.43. The highest BCUT2D eigenvalue weighted by molar-refractivity contribution is 7.80. The van der Waals surface area contributed by atoms with Crippen LogP contribution in [0.15, 0.2) is 24.3 Å². The monoisotopic (exact) mass is 521 g/mol. The normalized spacial score (nSPS) is 15.2. The number of rotatable bonds is 11. The van der Waals surface area contributed by atoms with Crippen molar-refractivity contribution in [3.8, 4) is 0 Å². The minimum atomic E-state index is -0.982. The number of aryl methyl sites for hydroxylation is 1. The summed E-state index contributed by atoms with van der Waals surface area (Å²) in [4.78, 5) is 53.0. The van der Waals surface area contributed by atoms with Crippen LogP contribution in [0.2, 0.25) is 0 Å². The van der Waals surface area contributed by atoms with E-state index < -0.39 is 41.6 Å². The first-order chi connectivity index (χ1) is 17.0. The van der Waals surface area contributed by atoms with Gasteiger partial charge in [-0.05, 0) is 59.4 Å². The molecular weight excluding hydrogens is 482 g/mol. The zero-order valence-corrected chi connectivity index (χ0v) is 22.7. The quantitative estimate of drug-likeness (QED) is 0.304. The zero-order chi connectivity index (χ0) is 26.9. The van der Waals surface area contributed by atoms with Gasteiger partial charge in [0.15, 0.2) is 0 Å². The lowest BCUT2D eigenvalue weighted by Crippen LogP contribution is -2.58. The number of amides is 3. The number of thiol groups is 1. The molecule has 1 aliphatic rings. The number of carbonyl (C=O) groups excluding carboxylic acids is 4. The van der Waals surface area contributed by atoms with Crippen LogP contribution in [0.3, 0.4) is 0 Å². The van der Waals surface area contributed by atoms with Gasteiger partial charge < -0.3 is 25.0 Å². The fourth-order valence-corrected chi connectivity index (χ4v) is 4.05. The predicted octanol–water partition coefficient (Wildman–Crippen LogP) is 3.31. The van der Waals surface area contributed by atoms with Gasteiger partial charge in [0.05, 0.1) is 13.0 Å². The highest BCUT2D eigenvalue weighted by atomic mass is 32.1. The lowest BCUT2D eigenvalue weighted by atomic mass is 9.88. The molecule has 0 aromatic heterocycles. The second kappa shape index (κ2) is 13.5. The van der Waals surface area contributed by atoms with E-state index in [-0.39, 0.29) is 31.4 Å². The first-order valence-electron chi connectivity index (χ1n) is 12.4. The fourth-order valence-electron chi connectivity index (χ4n) is 3.80. The predicted molar refractivity (Wildman–Crippen MR) is 140 cm³/mol. The van der Waals surface area contributed by atoms with Gasteiger partial charge in [0.1, 0.15) is 17.7 Å². The Morgan fingerprint density at radius 1 is 1.14 bits per heavy atom. The molecular formula is C26H39N3O6S. The highest BCUT2D eigenvalue weighted by Crippen LogP contribution is 2.34. The molecule has 1 saturated carbocycles. The average Bonchev–Trinajstić information content (AvgIpc) is 2.75. The van der Waals surface area contributed by atoms with Crippen LogP contribution >= 0.6 is 12.6 Å². The molecule has 10 heteroatoms. The highest BCUT2D eigenvalue weighted by Gasteiger charge is 2.41. The molecule has 3 amide bonds. The van der Waals surface area contributed by atoms with Crippen LogP contribution in [0.1, 0.15) is 70.5 Å². The van der Waals surface area contributed by atoms with Gasteiger partial charge in [0.25, 0.3) is 0 Å². The molecule has 0 saturated heterocycles. The van der Waals surface area contributed by atoms with E-state index in [1.165, 1.54) is 0 Å². The van der Waals surface area contributed by atoms with Crippen molar-refractivity contribution in [2.75, 3.05) is 18.9 Å². The van der Waals surface area contributed by atoms with E-state index >= 15 is 0 Å². The van der Waals surface area contributed by atoms with Crippen molar-refractivity contribution in [1.29, 1.82) is 0 Å². The molecule has 0 bridgehead atoms. The van der Waals surface area contributed by atoms with Crippen molar-refractivity contribution < 1.29 is 28.7 Å². The Labute approximate surface area is 219 Å². The largest absolute Gasteiger partial charge is 0.466 e. The number of hydrogen-bond acceptors (Lipinski definition) is 7. The number of nitrogens with zero attached hydrogens (tertiary/aromatic N) is 1. The van der Waals surface area contributed by atoms with E-state index in [9.17, 15) is 19.2 Å². The Morgan fingerprint density at radius 2 is 1.78 bits per heavy atom. The summed E-state index contributed by atoms with van der Waals surface area (Å²) in [6, 6.07) is 5.32. The molecule has 200 valence electrons. The van der Waals surface area contributed by atoms with Gasteiger partial charge in [-0.15, -0.1) is 0 Å². The zero-order valence-electron chi connectivity index (χ0n) is 21.8. The number of ether oxygens (including phenoxy) is 2. The molecule has 1 aromatic carbocycles. The van der Waals surface area contributed by atoms with Crippen molar-refractivity contribution in [3.05, 3.63) is 35.4 Å². The summed E-state index contributed by atoms with van der Waals surface area (Å²) in [6.07, 6.45) is 1.72. The van der Waals surface area contributed by atoms with Gasteiger partial charge in [-0.3, -0.25) is 14.4 Å². The van der Waals surface area contributed by atoms with Crippen LogP contribution < -0.4 is 10.6 Å². The minimum Gasteiger partial charge on any atom is -0.466 e. The maximum Gasteiger partial charge on any atom is 0.408 e. The number of hydrogen-bond donors (Lipinski definition) is 3. The number of alkyl carbamates (subject to hydrolysis) is 1. The molecule has 2 N–H and O–H groups in total. The molecule has 2 atom stereocenters. The second-order valence-corrected chi connectivity index (χ2v) is 10.2. The van der Waals surface area contributed by atoms with E-state index in [1.807, 2.05) is 31.2 Å². The third-order valence-electron chi connectivity index (χ3n) is 5.75. The van der Waals surface area contributed by atoms with Gasteiger partial charge in [0.2, 0.25) is 11.8 Å². The van der Waals surface area contributed by atoms with Gasteiger partial charge in [0, 0.05) is 18.3 Å². The van der Waals surface area contributed by atoms with Gasteiger partial charge >= 0.3 is 12.1 Å². The van der Waals surface area contributed by atoms with Crippen LogP contribution in [-0.2, 0) is 23.9 Å². The van der Waals surface area contributed by atoms with Gasteiger partial charge in [-0.2, -0.15) is 12.6 Å². The lowest BCUT2D eigenvalue weighted by molar-refractivity contribution is -0.147. The summed E-state index contributed by atoms with van der Waals surface area (Å²) >= 11 is 4.30. The van der Waals surface area contributed by atoms with Crippen LogP contribution in [-0.4, -0.2) is 65.4 Å². The maximum absolute atomic E-state index is 13.8. The third-order valence-corrected chi connectivity index (χ3v) is 6.11. The Hall–Kier alpha value is -2.75. The Bertz CT molecular complexity index is 911. The Morgan fingerprint density at radius 3 is 2.28 bits per heavy atom. The average molecular weight is 522 g/mol. The smallest absolute Gasteiger partial charge is 0.408 e. The standard InChI is InChI=1S/C26H39N3O6S/c1-6-34-21(30)14-15-27-23(31)22(18-12-10-17(2)11-13-18)29(19-8-7-9-19)24(32)20(16-36)28-25(33)35-26(3,4)5/h10-13,19-20,22,36H,6-9,14-16H2,1-5H3,(H,27,31)(H,28,33). The molecule has 1 aromatic rings. The number of carbonyl (C=O) groups is 4. The fraction of sp³-hybridized carbons (Fsp3) is 0.615. The molecule has 0 radical (unpaired) electrons. The van der Waals surface area contributed by atoms with Crippen molar-refractivity contribution in [2.24, 2.45) is 0 Å². The number of esters is 1. The van der Waals surface area contributed by atoms with Gasteiger partial charge in [-0.1, -0.05) is 29.8 Å². The molecule has 9 nitrogen and oxygen atoms in total. The van der Waals surface area contributed by atoms with E-state index in [4.69, 9.17) is 9.47 Å². The van der Waals surface area contributed by atoms with Gasteiger partial charge in [-0.25, -0.2) is 4.79 Å². The summed E-state index contributed by atoms with van der Waals surface area (Å²) < 4.78 is 10.3. The molecule has 1 fully saturated rings. The first kappa shape index (κ1) is 29.5. The minimum absolute atomic E-state index is 0.0248. The molecule has 1 aliphatic carbocycles. The van der Waals surface area contributed by atoms with E-state index in [0.29, 0.717) is 5.56 Å². The molecule has 2 rings (SSSR count). The first-order valence-corrected chi connectivity index (χ1v) is 13.0. The summed E-state index contributed by atoms with van der Waals surface area (Å²) in [7, 11) is 0. The topological polar surface area (TPSA) is 114 Å². The molecule has 0 heterocycles. The van der Waals surface area contributed by atoms with Crippen LogP contribution in [0, 0.1) is 6.92 Å². The summed E-state index contributed by atoms with van der Waals surface area (Å²) in [5.74, 6) is -1.19. The van der Waals surface area contributed by atoms with Crippen molar-refractivity contribution in [3.63, 3.8) is 0 Å². The molecule has 2 unspecified atom stereocenters. The number of benzene rings is 1. The molecule has 0 aliphatic heterocycles. The third kappa shape index (κ3) is 8.72. The summed E-state index contributed by atoms with van der Waals surface area (Å²) in [5, 5.41) is 5.40. The Kier molecular flexibility index (Phi) is 11.1. The van der Waals surface area contributed by atoms with Crippen LogP contribution in [0.5, 0.6) is 0 Å². The maximum atomic E-state index is 13.8. The van der Waals surface area contributed by atoms with E-state index in [0.717, 1.165) is 24.8 Å². The number of nitrogens with one attached hydrogen (secondary N) is 2. The molecule has 0 spiro atoms. The molecule has 36 heavy (non-hydrogen) atoms. The SMILES string of the molecule is CCOC(=O)CCNC(=O)C(c1ccc(C)cc1)N(C(=O)C(CS)NC(=O)OC(C)(C)C)C1CCC1. The van der Waals surface area contributed by atoms with Crippen molar-refractivity contribution >= 4 is 36.5 Å². The van der Waals surface area contributed by atoms with Crippen LogP contribution in [0.25, 0.3) is 0 Å².